The highest BCUT2D eigenvalue weighted by Gasteiger charge is 2.34. The molecule has 2 aliphatic rings. The number of benzene rings is 2. The van der Waals surface area contributed by atoms with E-state index in [2.05, 4.69) is 15.5 Å². The molecule has 2 N–H and O–H groups in total. The Bertz CT molecular complexity index is 881. The monoisotopic (exact) mass is 365 g/mol. The Hall–Kier alpha value is -3.02. The van der Waals surface area contributed by atoms with Crippen LogP contribution < -0.4 is 20.3 Å². The summed E-state index contributed by atoms with van der Waals surface area (Å²) < 4.78 is 5.32. The predicted octanol–water partition coefficient (Wildman–Crippen LogP) is 2.94. The molecule has 1 unspecified atom stereocenters. The number of rotatable bonds is 4. The van der Waals surface area contributed by atoms with Crippen LogP contribution in [0.3, 0.4) is 0 Å². The van der Waals surface area contributed by atoms with Gasteiger partial charge in [0.15, 0.2) is 0 Å². The van der Waals surface area contributed by atoms with Crippen LogP contribution in [0.15, 0.2) is 42.5 Å². The van der Waals surface area contributed by atoms with Crippen molar-refractivity contribution in [3.8, 4) is 5.75 Å². The van der Waals surface area contributed by atoms with Crippen molar-refractivity contribution < 1.29 is 14.3 Å². The number of piperidine rings is 1. The Kier molecular flexibility index (Phi) is 4.71. The zero-order valence-electron chi connectivity index (χ0n) is 15.3. The van der Waals surface area contributed by atoms with Gasteiger partial charge in [-0.3, -0.25) is 9.59 Å². The van der Waals surface area contributed by atoms with Gasteiger partial charge >= 0.3 is 0 Å². The van der Waals surface area contributed by atoms with E-state index < -0.39 is 0 Å². The van der Waals surface area contributed by atoms with Crippen LogP contribution in [0.5, 0.6) is 5.75 Å². The van der Waals surface area contributed by atoms with Crippen molar-refractivity contribution in [1.29, 1.82) is 0 Å². The van der Waals surface area contributed by atoms with Crippen molar-refractivity contribution in [2.45, 2.75) is 31.8 Å². The molecule has 1 atom stereocenters. The Labute approximate surface area is 158 Å². The van der Waals surface area contributed by atoms with E-state index in [-0.39, 0.29) is 17.9 Å². The van der Waals surface area contributed by atoms with Gasteiger partial charge in [-0.25, -0.2) is 0 Å². The molecule has 2 heterocycles. The molecule has 4 rings (SSSR count). The first kappa shape index (κ1) is 17.4. The van der Waals surface area contributed by atoms with Crippen molar-refractivity contribution in [3.05, 3.63) is 53.6 Å². The molecule has 0 bridgehead atoms. The molecule has 0 saturated carbocycles. The highest BCUT2D eigenvalue weighted by Crippen LogP contribution is 2.36. The van der Waals surface area contributed by atoms with Crippen molar-refractivity contribution in [2.75, 3.05) is 23.9 Å². The van der Waals surface area contributed by atoms with Gasteiger partial charge in [0.25, 0.3) is 5.91 Å². The first-order valence-corrected chi connectivity index (χ1v) is 9.29. The largest absolute Gasteiger partial charge is 0.496 e. The fraction of sp³-hybridized carbons (Fsp3) is 0.333. The lowest BCUT2D eigenvalue weighted by atomic mass is 9.97. The summed E-state index contributed by atoms with van der Waals surface area (Å²) >= 11 is 0. The number of carbonyl (C=O) groups is 2. The standard InChI is InChI=1S/C21H23N3O3/c1-27-19-8-3-2-6-15(19)13-22-20(25)14-9-10-17-16(12-14)23-21(26)18-7-4-5-11-24(17)18/h2-3,6,8-10,12,18H,4-5,7,11,13H2,1H3,(H,22,25)(H,23,26). The highest BCUT2D eigenvalue weighted by molar-refractivity contribution is 6.05. The number of carbonyl (C=O) groups excluding carboxylic acids is 2. The molecule has 0 aromatic heterocycles. The number of amides is 2. The lowest BCUT2D eigenvalue weighted by Gasteiger charge is -2.41. The van der Waals surface area contributed by atoms with E-state index >= 15 is 0 Å². The van der Waals surface area contributed by atoms with E-state index in [1.807, 2.05) is 36.4 Å². The predicted molar refractivity (Wildman–Crippen MR) is 104 cm³/mol. The van der Waals surface area contributed by atoms with Gasteiger partial charge < -0.3 is 20.3 Å². The first-order chi connectivity index (χ1) is 13.2. The number of anilines is 2. The maximum absolute atomic E-state index is 12.6. The van der Waals surface area contributed by atoms with Gasteiger partial charge in [0.2, 0.25) is 5.91 Å². The summed E-state index contributed by atoms with van der Waals surface area (Å²) in [6.07, 6.45) is 3.05. The van der Waals surface area contributed by atoms with Gasteiger partial charge in [-0.05, 0) is 43.5 Å². The van der Waals surface area contributed by atoms with Crippen LogP contribution in [-0.2, 0) is 11.3 Å². The smallest absolute Gasteiger partial charge is 0.251 e. The van der Waals surface area contributed by atoms with Gasteiger partial charge in [0.05, 0.1) is 18.5 Å². The highest BCUT2D eigenvalue weighted by atomic mass is 16.5. The second kappa shape index (κ2) is 7.31. The number of fused-ring (bicyclic) bond motifs is 3. The number of hydrogen-bond donors (Lipinski definition) is 2. The van der Waals surface area contributed by atoms with Crippen LogP contribution in [0.25, 0.3) is 0 Å². The minimum atomic E-state index is -0.182. The third kappa shape index (κ3) is 3.35. The summed E-state index contributed by atoms with van der Waals surface area (Å²) in [5, 5.41) is 5.88. The van der Waals surface area contributed by atoms with E-state index in [1.165, 1.54) is 0 Å². The number of hydrogen-bond acceptors (Lipinski definition) is 4. The Morgan fingerprint density at radius 2 is 2.11 bits per heavy atom. The zero-order chi connectivity index (χ0) is 18.8. The van der Waals surface area contributed by atoms with Crippen molar-refractivity contribution in [2.24, 2.45) is 0 Å². The molecular formula is C21H23N3O3. The minimum absolute atomic E-state index is 0.0220. The lowest BCUT2D eigenvalue weighted by molar-refractivity contribution is -0.118. The van der Waals surface area contributed by atoms with Gasteiger partial charge in [-0.2, -0.15) is 0 Å². The topological polar surface area (TPSA) is 70.7 Å². The molecular weight excluding hydrogens is 342 g/mol. The number of nitrogens with zero attached hydrogens (tertiary/aromatic N) is 1. The minimum Gasteiger partial charge on any atom is -0.496 e. The molecule has 2 aromatic carbocycles. The number of nitrogens with one attached hydrogen (secondary N) is 2. The van der Waals surface area contributed by atoms with E-state index in [9.17, 15) is 9.59 Å². The van der Waals surface area contributed by atoms with Crippen LogP contribution >= 0.6 is 0 Å². The van der Waals surface area contributed by atoms with Crippen LogP contribution in [0.4, 0.5) is 11.4 Å². The van der Waals surface area contributed by atoms with Crippen LogP contribution in [-0.4, -0.2) is 31.5 Å². The van der Waals surface area contributed by atoms with E-state index in [4.69, 9.17) is 4.74 Å². The molecule has 6 nitrogen and oxygen atoms in total. The SMILES string of the molecule is COc1ccccc1CNC(=O)c1ccc2c(c1)NC(=O)C1CCCCN21. The molecule has 2 amide bonds. The molecule has 1 saturated heterocycles. The average molecular weight is 365 g/mol. The summed E-state index contributed by atoms with van der Waals surface area (Å²) in [5.41, 5.74) is 3.15. The molecule has 6 heteroatoms. The van der Waals surface area contributed by atoms with Gasteiger partial charge in [0, 0.05) is 24.2 Å². The van der Waals surface area contributed by atoms with Gasteiger partial charge in [0.1, 0.15) is 11.8 Å². The molecule has 0 aliphatic carbocycles. The summed E-state index contributed by atoms with van der Waals surface area (Å²) in [7, 11) is 1.61. The maximum Gasteiger partial charge on any atom is 0.251 e. The van der Waals surface area contributed by atoms with Gasteiger partial charge in [-0.15, -0.1) is 0 Å². The summed E-state index contributed by atoms with van der Waals surface area (Å²) in [6, 6.07) is 13.0. The number of methoxy groups -OCH3 is 1. The Morgan fingerprint density at radius 1 is 1.26 bits per heavy atom. The maximum atomic E-state index is 12.6. The number of para-hydroxylation sites is 1. The second-order valence-corrected chi connectivity index (χ2v) is 6.92. The average Bonchev–Trinajstić information content (AvgIpc) is 2.72. The van der Waals surface area contributed by atoms with E-state index in [0.717, 1.165) is 42.8 Å². The molecule has 140 valence electrons. The normalized spacial score (nSPS) is 18.2. The Morgan fingerprint density at radius 3 is 2.96 bits per heavy atom. The van der Waals surface area contributed by atoms with Crippen molar-refractivity contribution >= 4 is 23.2 Å². The molecule has 1 fully saturated rings. The van der Waals surface area contributed by atoms with Crippen LogP contribution in [0, 0.1) is 0 Å². The lowest BCUT2D eigenvalue weighted by Crippen LogP contribution is -2.50. The van der Waals surface area contributed by atoms with Crippen LogP contribution in [0.2, 0.25) is 0 Å². The van der Waals surface area contributed by atoms with E-state index in [1.54, 1.807) is 13.2 Å². The molecule has 27 heavy (non-hydrogen) atoms. The van der Waals surface area contributed by atoms with Crippen LogP contribution in [0.1, 0.15) is 35.2 Å². The molecule has 2 aromatic rings. The third-order valence-corrected chi connectivity index (χ3v) is 5.26. The zero-order valence-corrected chi connectivity index (χ0v) is 15.3. The van der Waals surface area contributed by atoms with Crippen molar-refractivity contribution in [1.82, 2.24) is 5.32 Å². The molecule has 0 radical (unpaired) electrons. The molecule has 0 spiro atoms. The van der Waals surface area contributed by atoms with Crippen molar-refractivity contribution in [3.63, 3.8) is 0 Å². The number of ether oxygens (including phenoxy) is 1. The molecule has 2 aliphatic heterocycles. The van der Waals surface area contributed by atoms with Gasteiger partial charge in [-0.1, -0.05) is 18.2 Å². The summed E-state index contributed by atoms with van der Waals surface area (Å²) in [4.78, 5) is 27.1. The fourth-order valence-corrected chi connectivity index (χ4v) is 3.86. The fourth-order valence-electron chi connectivity index (χ4n) is 3.86. The third-order valence-electron chi connectivity index (χ3n) is 5.26. The second-order valence-electron chi connectivity index (χ2n) is 6.92. The summed E-state index contributed by atoms with van der Waals surface area (Å²) in [6.45, 7) is 1.25. The quantitative estimate of drug-likeness (QED) is 0.874. The first-order valence-electron chi connectivity index (χ1n) is 9.29. The van der Waals surface area contributed by atoms with E-state index in [0.29, 0.717) is 17.8 Å². The summed E-state index contributed by atoms with van der Waals surface area (Å²) in [5.74, 6) is 0.583. The Balaban J connectivity index is 1.51.